The fraction of sp³-hybridized carbons (Fsp3) is 0.346. The van der Waals surface area contributed by atoms with E-state index in [4.69, 9.17) is 9.72 Å². The van der Waals surface area contributed by atoms with Crippen LogP contribution in [0, 0.1) is 6.92 Å². The van der Waals surface area contributed by atoms with Gasteiger partial charge >= 0.3 is 6.09 Å². The second kappa shape index (κ2) is 6.70. The molecule has 3 aromatic heterocycles. The first kappa shape index (κ1) is 20.0. The van der Waals surface area contributed by atoms with Crippen molar-refractivity contribution in [3.05, 3.63) is 54.1 Å². The molecule has 1 spiro atoms. The van der Waals surface area contributed by atoms with E-state index in [0.29, 0.717) is 0 Å². The van der Waals surface area contributed by atoms with Crippen molar-refractivity contribution in [3.8, 4) is 22.3 Å². The number of anilines is 1. The molecule has 1 aliphatic heterocycles. The molecule has 7 heteroatoms. The smallest absolute Gasteiger partial charge is 0.419 e. The van der Waals surface area contributed by atoms with Crippen LogP contribution in [0.5, 0.6) is 0 Å². The van der Waals surface area contributed by atoms with Crippen molar-refractivity contribution in [2.45, 2.75) is 51.6 Å². The Balaban J connectivity index is 1.54. The summed E-state index contributed by atoms with van der Waals surface area (Å²) in [6.45, 7) is 8.58. The van der Waals surface area contributed by atoms with Gasteiger partial charge in [-0.3, -0.25) is 9.67 Å². The summed E-state index contributed by atoms with van der Waals surface area (Å²) in [7, 11) is 0. The molecule has 2 aliphatic rings. The van der Waals surface area contributed by atoms with E-state index in [1.807, 2.05) is 58.4 Å². The Bertz CT molecular complexity index is 1420. The molecule has 33 heavy (non-hydrogen) atoms. The summed E-state index contributed by atoms with van der Waals surface area (Å²) >= 11 is 0. The van der Waals surface area contributed by atoms with E-state index in [0.717, 1.165) is 51.2 Å². The fourth-order valence-corrected chi connectivity index (χ4v) is 4.84. The van der Waals surface area contributed by atoms with Crippen molar-refractivity contribution in [2.24, 2.45) is 0 Å². The summed E-state index contributed by atoms with van der Waals surface area (Å²) in [5.41, 5.74) is 6.76. The van der Waals surface area contributed by atoms with Gasteiger partial charge in [-0.2, -0.15) is 5.10 Å². The van der Waals surface area contributed by atoms with Crippen LogP contribution in [0.4, 0.5) is 10.6 Å². The number of hydrogen-bond donors (Lipinski definition) is 2. The van der Waals surface area contributed by atoms with Crippen LogP contribution in [0.1, 0.15) is 44.9 Å². The summed E-state index contributed by atoms with van der Waals surface area (Å²) in [4.78, 5) is 17.8. The first-order valence-electron chi connectivity index (χ1n) is 11.4. The molecule has 0 atom stereocenters. The van der Waals surface area contributed by atoms with Gasteiger partial charge in [-0.25, -0.2) is 9.78 Å². The summed E-state index contributed by atoms with van der Waals surface area (Å²) in [5, 5.41) is 11.6. The molecule has 1 saturated carbocycles. The Kier molecular flexibility index (Phi) is 4.07. The second-order valence-electron chi connectivity index (χ2n) is 10.3. The lowest BCUT2D eigenvalue weighted by Crippen LogP contribution is -2.26. The maximum atomic E-state index is 13.1. The number of ether oxygens (including phenoxy) is 1. The highest BCUT2D eigenvalue weighted by molar-refractivity contribution is 6.02. The molecule has 4 heterocycles. The van der Waals surface area contributed by atoms with Crippen LogP contribution in [0.2, 0.25) is 0 Å². The molecule has 0 saturated heterocycles. The quantitative estimate of drug-likeness (QED) is 0.420. The fourth-order valence-electron chi connectivity index (χ4n) is 4.84. The zero-order chi connectivity index (χ0) is 23.0. The number of rotatable bonds is 2. The first-order valence-corrected chi connectivity index (χ1v) is 11.4. The highest BCUT2D eigenvalue weighted by Gasteiger charge is 2.49. The number of nitrogens with zero attached hydrogens (tertiary/aromatic N) is 3. The van der Waals surface area contributed by atoms with Crippen molar-refractivity contribution in [1.82, 2.24) is 19.7 Å². The minimum Gasteiger partial charge on any atom is -0.443 e. The Hall–Kier alpha value is -3.61. The lowest BCUT2D eigenvalue weighted by atomic mass is 9.96. The molecule has 0 amide bonds. The molecule has 2 N–H and O–H groups in total. The second-order valence-corrected chi connectivity index (χ2v) is 10.3. The molecule has 7 nitrogen and oxygen atoms in total. The largest absolute Gasteiger partial charge is 0.443 e. The highest BCUT2D eigenvalue weighted by atomic mass is 16.6. The SMILES string of the molecule is Cc1n[nH]cc1-c1ccc2c(c1)c(-c1cnc3c(c1)C1(CC1)CN3)cn2C(=O)OC(C)(C)C. The van der Waals surface area contributed by atoms with E-state index in [2.05, 4.69) is 27.6 Å². The van der Waals surface area contributed by atoms with Gasteiger partial charge in [0.1, 0.15) is 11.4 Å². The number of aryl methyl sites for hydroxylation is 1. The predicted octanol–water partition coefficient (Wildman–Crippen LogP) is 5.64. The van der Waals surface area contributed by atoms with Crippen LogP contribution in [0.25, 0.3) is 33.2 Å². The molecule has 4 aromatic rings. The lowest BCUT2D eigenvalue weighted by molar-refractivity contribution is 0.0544. The molecule has 6 rings (SSSR count). The zero-order valence-electron chi connectivity index (χ0n) is 19.3. The van der Waals surface area contributed by atoms with Crippen LogP contribution in [0.15, 0.2) is 42.9 Å². The van der Waals surface area contributed by atoms with Gasteiger partial charge < -0.3 is 10.1 Å². The summed E-state index contributed by atoms with van der Waals surface area (Å²) < 4.78 is 7.31. The number of aromatic amines is 1. The monoisotopic (exact) mass is 441 g/mol. The van der Waals surface area contributed by atoms with Crippen LogP contribution in [-0.4, -0.2) is 38.0 Å². The van der Waals surface area contributed by atoms with Gasteiger partial charge in [0.25, 0.3) is 0 Å². The van der Waals surface area contributed by atoms with Crippen molar-refractivity contribution < 1.29 is 9.53 Å². The minimum absolute atomic E-state index is 0.237. The summed E-state index contributed by atoms with van der Waals surface area (Å²) in [6, 6.07) is 8.38. The standard InChI is InChI=1S/C26H27N5O2/c1-15-19(12-29-30-15)16-5-6-22-18(9-16)20(13-31(22)24(32)33-25(2,3)4)17-10-21-23(27-11-17)28-14-26(21)7-8-26/h5-6,9-13H,7-8,14H2,1-4H3,(H,27,28)(H,29,30). The Labute approximate surface area is 192 Å². The van der Waals surface area contributed by atoms with Crippen LogP contribution >= 0.6 is 0 Å². The number of pyridine rings is 1. The Morgan fingerprint density at radius 2 is 1.97 bits per heavy atom. The van der Waals surface area contributed by atoms with Gasteiger partial charge in [-0.05, 0) is 64.3 Å². The van der Waals surface area contributed by atoms with E-state index in [1.54, 1.807) is 4.57 Å². The van der Waals surface area contributed by atoms with E-state index < -0.39 is 5.60 Å². The number of carbonyl (C=O) groups excluding carboxylic acids is 1. The number of aromatic nitrogens is 4. The van der Waals surface area contributed by atoms with E-state index >= 15 is 0 Å². The van der Waals surface area contributed by atoms with E-state index in [1.165, 1.54) is 18.4 Å². The van der Waals surface area contributed by atoms with Gasteiger partial charge in [-0.1, -0.05) is 6.07 Å². The maximum Gasteiger partial charge on any atom is 0.419 e. The number of fused-ring (bicyclic) bond motifs is 3. The average Bonchev–Trinajstić information content (AvgIpc) is 3.09. The van der Waals surface area contributed by atoms with Crippen LogP contribution in [-0.2, 0) is 10.2 Å². The number of hydrogen-bond acceptors (Lipinski definition) is 5. The third-order valence-corrected chi connectivity index (χ3v) is 6.75. The Morgan fingerprint density at radius 1 is 1.15 bits per heavy atom. The van der Waals surface area contributed by atoms with Crippen molar-refractivity contribution >= 4 is 22.8 Å². The van der Waals surface area contributed by atoms with Crippen molar-refractivity contribution in [2.75, 3.05) is 11.9 Å². The molecule has 168 valence electrons. The molecule has 0 bridgehead atoms. The number of H-pyrrole nitrogens is 1. The van der Waals surface area contributed by atoms with Crippen molar-refractivity contribution in [3.63, 3.8) is 0 Å². The molecular weight excluding hydrogens is 414 g/mol. The van der Waals surface area contributed by atoms with Gasteiger partial charge in [0, 0.05) is 58.2 Å². The van der Waals surface area contributed by atoms with Crippen LogP contribution in [0.3, 0.4) is 0 Å². The first-order chi connectivity index (χ1) is 15.7. The van der Waals surface area contributed by atoms with Gasteiger partial charge in [0.05, 0.1) is 11.2 Å². The predicted molar refractivity (Wildman–Crippen MR) is 129 cm³/mol. The topological polar surface area (TPSA) is 84.8 Å². The van der Waals surface area contributed by atoms with Gasteiger partial charge in [0.15, 0.2) is 0 Å². The molecule has 0 radical (unpaired) electrons. The number of benzene rings is 1. The van der Waals surface area contributed by atoms with Gasteiger partial charge in [0.2, 0.25) is 0 Å². The molecule has 1 fully saturated rings. The number of nitrogens with one attached hydrogen (secondary N) is 2. The highest BCUT2D eigenvalue weighted by Crippen LogP contribution is 2.54. The molecular formula is C26H27N5O2. The van der Waals surface area contributed by atoms with E-state index in [-0.39, 0.29) is 11.5 Å². The minimum atomic E-state index is -0.583. The maximum absolute atomic E-state index is 13.1. The Morgan fingerprint density at radius 3 is 2.67 bits per heavy atom. The van der Waals surface area contributed by atoms with Crippen molar-refractivity contribution in [1.29, 1.82) is 0 Å². The van der Waals surface area contributed by atoms with E-state index in [9.17, 15) is 4.79 Å². The summed E-state index contributed by atoms with van der Waals surface area (Å²) in [5.74, 6) is 0.988. The summed E-state index contributed by atoms with van der Waals surface area (Å²) in [6.07, 6.45) is 7.69. The van der Waals surface area contributed by atoms with Crippen LogP contribution < -0.4 is 5.32 Å². The average molecular weight is 442 g/mol. The molecule has 0 unspecified atom stereocenters. The molecule has 1 aliphatic carbocycles. The normalized spacial score (nSPS) is 16.1. The zero-order valence-corrected chi connectivity index (χ0v) is 19.3. The lowest BCUT2D eigenvalue weighted by Gasteiger charge is -2.19. The third kappa shape index (κ3) is 3.22. The number of carbonyl (C=O) groups is 1. The third-order valence-electron chi connectivity index (χ3n) is 6.75. The molecule has 1 aromatic carbocycles. The van der Waals surface area contributed by atoms with Gasteiger partial charge in [-0.15, -0.1) is 0 Å².